The van der Waals surface area contributed by atoms with Gasteiger partial charge in [0, 0.05) is 32.6 Å². The Kier molecular flexibility index (Phi) is 5.23. The van der Waals surface area contributed by atoms with Gasteiger partial charge in [-0.1, -0.05) is 0 Å². The summed E-state index contributed by atoms with van der Waals surface area (Å²) in [6.45, 7) is 3.42. The first-order valence-electron chi connectivity index (χ1n) is 7.52. The minimum absolute atomic E-state index is 0.106. The van der Waals surface area contributed by atoms with Crippen molar-refractivity contribution < 1.29 is 14.7 Å². The Morgan fingerprint density at radius 2 is 2.00 bits per heavy atom. The van der Waals surface area contributed by atoms with Gasteiger partial charge in [-0.05, 0) is 44.7 Å². The number of hydrogen-bond acceptors (Lipinski definition) is 3. The van der Waals surface area contributed by atoms with Crippen LogP contribution in [-0.4, -0.2) is 66.2 Å². The van der Waals surface area contributed by atoms with Gasteiger partial charge in [-0.25, -0.2) is 4.79 Å². The van der Waals surface area contributed by atoms with Crippen molar-refractivity contribution in [2.24, 2.45) is 5.92 Å². The van der Waals surface area contributed by atoms with Crippen LogP contribution < -0.4 is 5.32 Å². The summed E-state index contributed by atoms with van der Waals surface area (Å²) in [6, 6.07) is 0.441. The maximum atomic E-state index is 12.4. The normalized spacial score (nSPS) is 23.9. The molecule has 2 rings (SSSR count). The summed E-state index contributed by atoms with van der Waals surface area (Å²) in [4.78, 5) is 26.8. The lowest BCUT2D eigenvalue weighted by Crippen LogP contribution is -2.48. The fourth-order valence-corrected chi connectivity index (χ4v) is 3.14. The smallest absolute Gasteiger partial charge is 0.320 e. The average molecular weight is 283 g/mol. The van der Waals surface area contributed by atoms with Crippen LogP contribution in [0.4, 0.5) is 4.79 Å². The van der Waals surface area contributed by atoms with Gasteiger partial charge >= 0.3 is 12.0 Å². The third kappa shape index (κ3) is 3.85. The molecule has 0 bridgehead atoms. The lowest BCUT2D eigenvalue weighted by Gasteiger charge is -2.34. The van der Waals surface area contributed by atoms with E-state index in [0.717, 1.165) is 38.9 Å². The van der Waals surface area contributed by atoms with E-state index in [4.69, 9.17) is 5.11 Å². The third-order valence-corrected chi connectivity index (χ3v) is 4.48. The first-order chi connectivity index (χ1) is 9.58. The lowest BCUT2D eigenvalue weighted by molar-refractivity contribution is -0.137. The highest BCUT2D eigenvalue weighted by Gasteiger charge is 2.31. The van der Waals surface area contributed by atoms with E-state index in [9.17, 15) is 9.59 Å². The summed E-state index contributed by atoms with van der Waals surface area (Å²) in [6.07, 6.45) is 3.84. The molecule has 0 aromatic carbocycles. The topological polar surface area (TPSA) is 72.9 Å². The Morgan fingerprint density at radius 3 is 2.65 bits per heavy atom. The number of urea groups is 1. The van der Waals surface area contributed by atoms with Crippen molar-refractivity contribution in [3.63, 3.8) is 0 Å². The van der Waals surface area contributed by atoms with Gasteiger partial charge in [-0.3, -0.25) is 4.79 Å². The van der Waals surface area contributed by atoms with Gasteiger partial charge in [0.2, 0.25) is 0 Å². The molecule has 2 fully saturated rings. The van der Waals surface area contributed by atoms with E-state index in [1.54, 1.807) is 0 Å². The SMILES string of the molecule is CN(C(=O)N1CCC(CCC(=O)O)C1)C1CCNCC1. The number of carbonyl (C=O) groups excluding carboxylic acids is 1. The lowest BCUT2D eigenvalue weighted by atomic mass is 10.0. The zero-order valence-corrected chi connectivity index (χ0v) is 12.2. The quantitative estimate of drug-likeness (QED) is 0.806. The maximum absolute atomic E-state index is 12.4. The highest BCUT2D eigenvalue weighted by molar-refractivity contribution is 5.75. The Morgan fingerprint density at radius 1 is 1.30 bits per heavy atom. The summed E-state index contributed by atoms with van der Waals surface area (Å²) in [7, 11) is 1.89. The highest BCUT2D eigenvalue weighted by atomic mass is 16.4. The van der Waals surface area contributed by atoms with Gasteiger partial charge in [-0.15, -0.1) is 0 Å². The summed E-state index contributed by atoms with van der Waals surface area (Å²) in [5.41, 5.74) is 0. The third-order valence-electron chi connectivity index (χ3n) is 4.48. The Bertz CT molecular complexity index is 356. The summed E-state index contributed by atoms with van der Waals surface area (Å²) >= 11 is 0. The second kappa shape index (κ2) is 6.92. The number of nitrogens with zero attached hydrogens (tertiary/aromatic N) is 2. The van der Waals surface area contributed by atoms with Gasteiger partial charge in [0.1, 0.15) is 0 Å². The van der Waals surface area contributed by atoms with E-state index in [2.05, 4.69) is 5.32 Å². The minimum atomic E-state index is -0.749. The largest absolute Gasteiger partial charge is 0.481 e. The average Bonchev–Trinajstić information content (AvgIpc) is 2.93. The number of aliphatic carboxylic acids is 1. The van der Waals surface area contributed by atoms with Crippen molar-refractivity contribution in [3.8, 4) is 0 Å². The molecule has 2 aliphatic rings. The standard InChI is InChI=1S/C14H25N3O3/c1-16(12-4-7-15-8-5-12)14(20)17-9-6-11(10-17)2-3-13(18)19/h11-12,15H,2-10H2,1H3,(H,18,19). The van der Waals surface area contributed by atoms with Gasteiger partial charge in [0.15, 0.2) is 0 Å². The van der Waals surface area contributed by atoms with Crippen LogP contribution in [0.1, 0.15) is 32.1 Å². The van der Waals surface area contributed by atoms with Crippen LogP contribution in [0.5, 0.6) is 0 Å². The number of hydrogen-bond donors (Lipinski definition) is 2. The van der Waals surface area contributed by atoms with Crippen LogP contribution in [0.2, 0.25) is 0 Å². The second-order valence-electron chi connectivity index (χ2n) is 5.91. The van der Waals surface area contributed by atoms with Crippen molar-refractivity contribution in [1.82, 2.24) is 15.1 Å². The number of carboxylic acid groups (broad SMARTS) is 1. The summed E-state index contributed by atoms with van der Waals surface area (Å²) < 4.78 is 0. The molecule has 2 N–H and O–H groups in total. The molecule has 2 amide bonds. The summed E-state index contributed by atoms with van der Waals surface area (Å²) in [5, 5.41) is 12.0. The molecule has 2 heterocycles. The zero-order valence-electron chi connectivity index (χ0n) is 12.2. The van der Waals surface area contributed by atoms with Crippen LogP contribution in [0.3, 0.4) is 0 Å². The molecular weight excluding hydrogens is 258 g/mol. The number of rotatable bonds is 4. The first kappa shape index (κ1) is 15.1. The first-order valence-corrected chi connectivity index (χ1v) is 7.52. The fraction of sp³-hybridized carbons (Fsp3) is 0.857. The molecule has 114 valence electrons. The van der Waals surface area contributed by atoms with Gasteiger partial charge in [0.25, 0.3) is 0 Å². The molecule has 1 atom stereocenters. The van der Waals surface area contributed by atoms with E-state index >= 15 is 0 Å². The zero-order chi connectivity index (χ0) is 14.5. The van der Waals surface area contributed by atoms with E-state index in [0.29, 0.717) is 24.9 Å². The number of amides is 2. The maximum Gasteiger partial charge on any atom is 0.320 e. The predicted octanol–water partition coefficient (Wildman–Crippen LogP) is 0.977. The van der Waals surface area contributed by atoms with Crippen molar-refractivity contribution in [3.05, 3.63) is 0 Å². The second-order valence-corrected chi connectivity index (χ2v) is 5.91. The van der Waals surface area contributed by atoms with Crippen molar-refractivity contribution in [1.29, 1.82) is 0 Å². The van der Waals surface area contributed by atoms with E-state index in [1.807, 2.05) is 16.8 Å². The molecule has 6 heteroatoms. The molecular formula is C14H25N3O3. The van der Waals surface area contributed by atoms with Gasteiger partial charge in [-0.2, -0.15) is 0 Å². The number of likely N-dealkylation sites (tertiary alicyclic amines) is 1. The van der Waals surface area contributed by atoms with Crippen LogP contribution >= 0.6 is 0 Å². The molecule has 20 heavy (non-hydrogen) atoms. The fourth-order valence-electron chi connectivity index (χ4n) is 3.14. The number of carbonyl (C=O) groups is 2. The van der Waals surface area contributed by atoms with Gasteiger partial charge < -0.3 is 20.2 Å². The number of nitrogens with one attached hydrogen (secondary N) is 1. The van der Waals surface area contributed by atoms with Crippen LogP contribution in [-0.2, 0) is 4.79 Å². The molecule has 1 unspecified atom stereocenters. The van der Waals surface area contributed by atoms with Crippen molar-refractivity contribution in [2.75, 3.05) is 33.2 Å². The van der Waals surface area contributed by atoms with Crippen molar-refractivity contribution >= 4 is 12.0 Å². The number of piperidine rings is 1. The molecule has 0 radical (unpaired) electrons. The van der Waals surface area contributed by atoms with Crippen LogP contribution in [0.25, 0.3) is 0 Å². The molecule has 0 aromatic heterocycles. The highest BCUT2D eigenvalue weighted by Crippen LogP contribution is 2.23. The summed E-state index contributed by atoms with van der Waals surface area (Å²) in [5.74, 6) is -0.405. The monoisotopic (exact) mass is 283 g/mol. The Balaban J connectivity index is 1.79. The molecule has 2 saturated heterocycles. The Hall–Kier alpha value is -1.30. The van der Waals surface area contributed by atoms with E-state index in [1.165, 1.54) is 0 Å². The molecule has 0 spiro atoms. The molecule has 0 aliphatic carbocycles. The predicted molar refractivity (Wildman–Crippen MR) is 75.6 cm³/mol. The molecule has 6 nitrogen and oxygen atoms in total. The Labute approximate surface area is 120 Å². The minimum Gasteiger partial charge on any atom is -0.481 e. The van der Waals surface area contributed by atoms with Crippen molar-refractivity contribution in [2.45, 2.75) is 38.1 Å². The van der Waals surface area contributed by atoms with E-state index < -0.39 is 5.97 Å². The molecule has 2 aliphatic heterocycles. The van der Waals surface area contributed by atoms with E-state index in [-0.39, 0.29) is 12.5 Å². The van der Waals surface area contributed by atoms with Crippen LogP contribution in [0, 0.1) is 5.92 Å². The molecule has 0 aromatic rings. The van der Waals surface area contributed by atoms with Crippen LogP contribution in [0.15, 0.2) is 0 Å². The van der Waals surface area contributed by atoms with Gasteiger partial charge in [0.05, 0.1) is 0 Å². The molecule has 0 saturated carbocycles. The number of carboxylic acids is 1.